The number of carbonyl (C=O) groups is 2. The Morgan fingerprint density at radius 3 is 2.90 bits per heavy atom. The van der Waals surface area contributed by atoms with E-state index in [1.165, 1.54) is 11.3 Å². The minimum Gasteiger partial charge on any atom is -0.324 e. The summed E-state index contributed by atoms with van der Waals surface area (Å²) in [6.45, 7) is 4.03. The Morgan fingerprint density at radius 2 is 2.19 bits per heavy atom. The number of fused-ring (bicyclic) bond motifs is 1. The van der Waals surface area contributed by atoms with E-state index in [1.54, 1.807) is 16.3 Å². The van der Waals surface area contributed by atoms with Crippen LogP contribution in [0.5, 0.6) is 0 Å². The van der Waals surface area contributed by atoms with Gasteiger partial charge in [0.1, 0.15) is 5.69 Å². The van der Waals surface area contributed by atoms with Crippen LogP contribution in [0.3, 0.4) is 0 Å². The lowest BCUT2D eigenvalue weighted by molar-refractivity contribution is -0.119. The van der Waals surface area contributed by atoms with Gasteiger partial charge < -0.3 is 10.2 Å². The molecule has 6 heteroatoms. The van der Waals surface area contributed by atoms with Crippen LogP contribution in [-0.4, -0.2) is 23.3 Å². The van der Waals surface area contributed by atoms with Crippen LogP contribution in [0.1, 0.15) is 22.4 Å². The molecule has 0 saturated heterocycles. The molecule has 0 saturated carbocycles. The number of hydrogen-bond donors (Lipinski definition) is 1. The molecule has 3 rings (SSSR count). The number of aromatic nitrogens is 1. The molecule has 0 radical (unpaired) electrons. The number of amides is 2. The normalized spacial score (nSPS) is 17.9. The lowest BCUT2D eigenvalue weighted by atomic mass is 10.1. The maximum atomic E-state index is 12.7. The van der Waals surface area contributed by atoms with E-state index in [4.69, 9.17) is 0 Å². The quantitative estimate of drug-likeness (QED) is 0.881. The first-order chi connectivity index (χ1) is 10.1. The molecule has 1 aromatic carbocycles. The highest BCUT2D eigenvalue weighted by Gasteiger charge is 2.29. The van der Waals surface area contributed by atoms with Gasteiger partial charge in [-0.05, 0) is 19.1 Å². The van der Waals surface area contributed by atoms with E-state index in [-0.39, 0.29) is 17.7 Å². The van der Waals surface area contributed by atoms with Gasteiger partial charge >= 0.3 is 0 Å². The fourth-order valence-electron chi connectivity index (χ4n) is 2.32. The van der Waals surface area contributed by atoms with Crippen molar-refractivity contribution in [1.29, 1.82) is 0 Å². The summed E-state index contributed by atoms with van der Waals surface area (Å²) in [6.07, 6.45) is 0. The van der Waals surface area contributed by atoms with Crippen LogP contribution in [0.2, 0.25) is 0 Å². The van der Waals surface area contributed by atoms with Crippen LogP contribution >= 0.6 is 11.3 Å². The molecule has 0 aliphatic carbocycles. The second kappa shape index (κ2) is 5.29. The molecular formula is C15H15N3O2S. The van der Waals surface area contributed by atoms with Gasteiger partial charge in [-0.1, -0.05) is 19.1 Å². The Bertz CT molecular complexity index is 710. The van der Waals surface area contributed by atoms with Gasteiger partial charge in [-0.25, -0.2) is 4.98 Å². The van der Waals surface area contributed by atoms with Gasteiger partial charge in [0, 0.05) is 11.9 Å². The van der Waals surface area contributed by atoms with E-state index >= 15 is 0 Å². The molecule has 5 nitrogen and oxygen atoms in total. The first kappa shape index (κ1) is 13.8. The fraction of sp³-hybridized carbons (Fsp3) is 0.267. The van der Waals surface area contributed by atoms with Gasteiger partial charge in [-0.2, -0.15) is 0 Å². The number of hydrogen-bond acceptors (Lipinski definition) is 4. The van der Waals surface area contributed by atoms with Crippen LogP contribution in [-0.2, 0) is 4.79 Å². The van der Waals surface area contributed by atoms with Gasteiger partial charge in [0.05, 0.1) is 22.3 Å². The van der Waals surface area contributed by atoms with Crippen LogP contribution < -0.4 is 10.2 Å². The number of carbonyl (C=O) groups excluding carboxylic acids is 2. The van der Waals surface area contributed by atoms with Crippen molar-refractivity contribution in [2.45, 2.75) is 13.8 Å². The van der Waals surface area contributed by atoms with E-state index in [0.29, 0.717) is 23.6 Å². The molecular weight excluding hydrogens is 286 g/mol. The third-order valence-electron chi connectivity index (χ3n) is 3.44. The molecule has 0 fully saturated rings. The average molecular weight is 301 g/mol. The van der Waals surface area contributed by atoms with Crippen molar-refractivity contribution in [3.63, 3.8) is 0 Å². The number of rotatable bonds is 1. The number of aryl methyl sites for hydroxylation is 1. The van der Waals surface area contributed by atoms with Crippen LogP contribution in [0.25, 0.3) is 0 Å². The van der Waals surface area contributed by atoms with E-state index < -0.39 is 0 Å². The predicted octanol–water partition coefficient (Wildman–Crippen LogP) is 2.69. The van der Waals surface area contributed by atoms with Gasteiger partial charge in [-0.3, -0.25) is 9.59 Å². The number of anilines is 2. The molecule has 2 amide bonds. The summed E-state index contributed by atoms with van der Waals surface area (Å²) in [5, 5.41) is 5.47. The largest absolute Gasteiger partial charge is 0.324 e. The molecule has 2 aromatic rings. The van der Waals surface area contributed by atoms with Crippen molar-refractivity contribution >= 4 is 34.5 Å². The zero-order chi connectivity index (χ0) is 15.0. The molecule has 1 aliphatic heterocycles. The van der Waals surface area contributed by atoms with Gasteiger partial charge in [0.25, 0.3) is 5.91 Å². The summed E-state index contributed by atoms with van der Waals surface area (Å²) in [6, 6.07) is 7.33. The summed E-state index contributed by atoms with van der Waals surface area (Å²) >= 11 is 1.44. The third-order valence-corrected chi connectivity index (χ3v) is 4.21. The van der Waals surface area contributed by atoms with Crippen molar-refractivity contribution in [2.24, 2.45) is 5.92 Å². The van der Waals surface area contributed by atoms with E-state index in [9.17, 15) is 9.59 Å². The Labute approximate surface area is 126 Å². The minimum atomic E-state index is -0.277. The molecule has 108 valence electrons. The fourth-order valence-corrected chi connectivity index (χ4v) is 2.90. The summed E-state index contributed by atoms with van der Waals surface area (Å²) in [5.74, 6) is -0.525. The smallest absolute Gasteiger partial charge is 0.277 e. The number of nitrogens with zero attached hydrogens (tertiary/aromatic N) is 2. The zero-order valence-corrected chi connectivity index (χ0v) is 12.6. The number of para-hydroxylation sites is 2. The third kappa shape index (κ3) is 2.54. The van der Waals surface area contributed by atoms with Crippen LogP contribution in [0, 0.1) is 12.8 Å². The maximum Gasteiger partial charge on any atom is 0.277 e. The molecule has 0 bridgehead atoms. The molecule has 1 aromatic heterocycles. The zero-order valence-electron chi connectivity index (χ0n) is 11.8. The first-order valence-corrected chi connectivity index (χ1v) is 7.58. The topological polar surface area (TPSA) is 62.3 Å². The van der Waals surface area contributed by atoms with Crippen molar-refractivity contribution in [3.05, 3.63) is 40.3 Å². The van der Waals surface area contributed by atoms with E-state index in [2.05, 4.69) is 10.3 Å². The summed E-state index contributed by atoms with van der Waals surface area (Å²) in [5.41, 5.74) is 1.80. The van der Waals surface area contributed by atoms with Crippen molar-refractivity contribution in [1.82, 2.24) is 4.98 Å². The Morgan fingerprint density at radius 1 is 1.43 bits per heavy atom. The molecule has 1 aliphatic rings. The van der Waals surface area contributed by atoms with Gasteiger partial charge in [-0.15, -0.1) is 11.3 Å². The SMILES string of the molecule is Cc1nc(C(=O)N2C[C@H](C)C(=O)Nc3ccccc32)cs1. The Hall–Kier alpha value is -2.21. The minimum absolute atomic E-state index is 0.0767. The molecule has 0 unspecified atom stereocenters. The molecule has 2 heterocycles. The molecule has 1 atom stereocenters. The number of benzene rings is 1. The Balaban J connectivity index is 2.04. The number of thiazole rings is 1. The van der Waals surface area contributed by atoms with E-state index in [1.807, 2.05) is 32.0 Å². The second-order valence-corrected chi connectivity index (χ2v) is 6.14. The van der Waals surface area contributed by atoms with Crippen molar-refractivity contribution < 1.29 is 9.59 Å². The van der Waals surface area contributed by atoms with E-state index in [0.717, 1.165) is 5.01 Å². The highest BCUT2D eigenvalue weighted by molar-refractivity contribution is 7.09. The molecule has 0 spiro atoms. The molecule has 1 N–H and O–H groups in total. The van der Waals surface area contributed by atoms with Crippen LogP contribution in [0.15, 0.2) is 29.6 Å². The van der Waals surface area contributed by atoms with Crippen molar-refractivity contribution in [2.75, 3.05) is 16.8 Å². The second-order valence-electron chi connectivity index (χ2n) is 5.07. The highest BCUT2D eigenvalue weighted by Crippen LogP contribution is 2.31. The van der Waals surface area contributed by atoms with Gasteiger partial charge in [0.2, 0.25) is 5.91 Å². The average Bonchev–Trinajstić information content (AvgIpc) is 2.86. The molecule has 21 heavy (non-hydrogen) atoms. The Kier molecular flexibility index (Phi) is 3.47. The summed E-state index contributed by atoms with van der Waals surface area (Å²) < 4.78 is 0. The monoisotopic (exact) mass is 301 g/mol. The standard InChI is InChI=1S/C15H15N3O2S/c1-9-7-18(15(20)12-8-21-10(2)16-12)13-6-4-3-5-11(13)17-14(9)19/h3-6,8-9H,7H2,1-2H3,(H,17,19)/t9-/m0/s1. The van der Waals surface area contributed by atoms with Gasteiger partial charge in [0.15, 0.2) is 0 Å². The lowest BCUT2D eigenvalue weighted by Crippen LogP contribution is -2.36. The first-order valence-electron chi connectivity index (χ1n) is 6.70. The van der Waals surface area contributed by atoms with Crippen molar-refractivity contribution in [3.8, 4) is 0 Å². The van der Waals surface area contributed by atoms with Crippen LogP contribution in [0.4, 0.5) is 11.4 Å². The highest BCUT2D eigenvalue weighted by atomic mass is 32.1. The lowest BCUT2D eigenvalue weighted by Gasteiger charge is -2.22. The summed E-state index contributed by atoms with van der Waals surface area (Å²) in [7, 11) is 0. The predicted molar refractivity (Wildman–Crippen MR) is 82.8 cm³/mol. The number of nitrogens with one attached hydrogen (secondary N) is 1. The summed E-state index contributed by atoms with van der Waals surface area (Å²) in [4.78, 5) is 30.6. The maximum absolute atomic E-state index is 12.7.